The Bertz CT molecular complexity index is 1430. The molecule has 0 radical (unpaired) electrons. The van der Waals surface area contributed by atoms with Crippen molar-refractivity contribution in [3.05, 3.63) is 54.6 Å². The van der Waals surface area contributed by atoms with Crippen molar-refractivity contribution in [1.29, 1.82) is 0 Å². The quantitative estimate of drug-likeness (QED) is 0.368. The summed E-state index contributed by atoms with van der Waals surface area (Å²) in [7, 11) is 1.71. The van der Waals surface area contributed by atoms with Crippen LogP contribution in [0.5, 0.6) is 0 Å². The highest BCUT2D eigenvalue weighted by atomic mass is 32.1. The number of carbonyl (C=O) groups excluding carboxylic acids is 2. The molecule has 0 unspecified atom stereocenters. The Morgan fingerprint density at radius 2 is 1.87 bits per heavy atom. The van der Waals surface area contributed by atoms with Gasteiger partial charge in [0.2, 0.25) is 5.95 Å². The van der Waals surface area contributed by atoms with Gasteiger partial charge in [0.1, 0.15) is 5.69 Å². The highest BCUT2D eigenvalue weighted by Gasteiger charge is 2.22. The second kappa shape index (κ2) is 11.1. The molecule has 0 saturated carbocycles. The molecule has 0 bridgehead atoms. The van der Waals surface area contributed by atoms with E-state index in [9.17, 15) is 9.59 Å². The minimum Gasteiger partial charge on any atom is -0.341 e. The number of anilines is 3. The van der Waals surface area contributed by atoms with Crippen LogP contribution in [0.2, 0.25) is 0 Å². The molecule has 5 rings (SSSR count). The number of hydrogen-bond donors (Lipinski definition) is 2. The molecule has 1 saturated heterocycles. The molecule has 11 heteroatoms. The topological polar surface area (TPSA) is 116 Å². The summed E-state index contributed by atoms with van der Waals surface area (Å²) >= 11 is 1.31. The predicted molar refractivity (Wildman–Crippen MR) is 151 cm³/mol. The van der Waals surface area contributed by atoms with Crippen LogP contribution in [0.25, 0.3) is 21.3 Å². The second-order valence-corrected chi connectivity index (χ2v) is 10.4. The largest absolute Gasteiger partial charge is 0.341 e. The zero-order chi connectivity index (χ0) is 26.6. The van der Waals surface area contributed by atoms with Crippen LogP contribution in [0.3, 0.4) is 0 Å². The van der Waals surface area contributed by atoms with E-state index in [1.165, 1.54) is 11.3 Å². The number of piperidine rings is 1. The molecule has 4 heterocycles. The van der Waals surface area contributed by atoms with Gasteiger partial charge in [0.25, 0.3) is 5.91 Å². The fourth-order valence-corrected chi connectivity index (χ4v) is 5.39. The zero-order valence-corrected chi connectivity index (χ0v) is 22.5. The summed E-state index contributed by atoms with van der Waals surface area (Å²) in [6, 6.07) is 8.76. The summed E-state index contributed by atoms with van der Waals surface area (Å²) in [5, 5.41) is 5.93. The number of nitrogens with one attached hydrogen (secondary N) is 2. The molecule has 2 N–H and O–H groups in total. The number of nitrogens with zero attached hydrogens (tertiary/aromatic N) is 6. The Balaban J connectivity index is 1.52. The SMILES string of the molecule is CCNC(=O)Nc1nc2cc(-c3cnc(N4CCC(C)CC4)nc3)cc(N(C)C(=O)c3ccccn3)c2s1. The van der Waals surface area contributed by atoms with Crippen LogP contribution >= 0.6 is 11.3 Å². The van der Waals surface area contributed by atoms with Gasteiger partial charge in [-0.2, -0.15) is 0 Å². The summed E-state index contributed by atoms with van der Waals surface area (Å²) in [4.78, 5) is 47.3. The highest BCUT2D eigenvalue weighted by Crippen LogP contribution is 2.38. The zero-order valence-electron chi connectivity index (χ0n) is 21.6. The van der Waals surface area contributed by atoms with Gasteiger partial charge in [0, 0.05) is 50.8 Å². The number of aromatic nitrogens is 4. The predicted octanol–water partition coefficient (Wildman–Crippen LogP) is 4.80. The molecule has 0 aliphatic carbocycles. The smallest absolute Gasteiger partial charge is 0.321 e. The van der Waals surface area contributed by atoms with Gasteiger partial charge < -0.3 is 15.1 Å². The first-order valence-electron chi connectivity index (χ1n) is 12.7. The van der Waals surface area contributed by atoms with Gasteiger partial charge in [-0.05, 0) is 55.5 Å². The summed E-state index contributed by atoms with van der Waals surface area (Å²) < 4.78 is 0.771. The first-order chi connectivity index (χ1) is 18.4. The lowest BCUT2D eigenvalue weighted by molar-refractivity contribution is 0.0988. The molecule has 3 amide bonds. The van der Waals surface area contributed by atoms with Gasteiger partial charge in [-0.1, -0.05) is 24.3 Å². The Morgan fingerprint density at radius 3 is 2.55 bits per heavy atom. The standard InChI is InChI=1S/C27H30N8O2S/c1-4-28-26(37)33-27-32-21-13-18(19-15-30-25(31-16-19)35-11-8-17(2)9-12-35)14-22(23(21)38-27)34(3)24(36)20-7-5-6-10-29-20/h5-7,10,13-17H,4,8-9,11-12H2,1-3H3,(H2,28,32,33,37). The van der Waals surface area contributed by atoms with Crippen molar-refractivity contribution in [2.24, 2.45) is 5.92 Å². The van der Waals surface area contributed by atoms with Crippen molar-refractivity contribution in [2.45, 2.75) is 26.7 Å². The monoisotopic (exact) mass is 530 g/mol. The van der Waals surface area contributed by atoms with E-state index < -0.39 is 0 Å². The molecule has 0 spiro atoms. The molecule has 10 nitrogen and oxygen atoms in total. The van der Waals surface area contributed by atoms with E-state index in [1.54, 1.807) is 36.3 Å². The Labute approximate surface area is 225 Å². The number of urea groups is 1. The third-order valence-electron chi connectivity index (χ3n) is 6.62. The third-order valence-corrected chi connectivity index (χ3v) is 7.63. The average Bonchev–Trinajstić information content (AvgIpc) is 3.35. The lowest BCUT2D eigenvalue weighted by Crippen LogP contribution is -2.33. The van der Waals surface area contributed by atoms with E-state index in [1.807, 2.05) is 31.5 Å². The molecule has 3 aromatic heterocycles. The maximum absolute atomic E-state index is 13.3. The summed E-state index contributed by atoms with van der Waals surface area (Å²) in [6.07, 6.45) is 7.49. The van der Waals surface area contributed by atoms with Crippen molar-refractivity contribution >= 4 is 50.3 Å². The maximum atomic E-state index is 13.3. The van der Waals surface area contributed by atoms with Crippen LogP contribution in [0, 0.1) is 5.92 Å². The van der Waals surface area contributed by atoms with Gasteiger partial charge in [-0.25, -0.2) is 19.7 Å². The number of rotatable bonds is 6. The Morgan fingerprint density at radius 1 is 1.11 bits per heavy atom. The van der Waals surface area contributed by atoms with Gasteiger partial charge in [0.05, 0.1) is 15.9 Å². The fourth-order valence-electron chi connectivity index (χ4n) is 4.40. The Kier molecular flexibility index (Phi) is 7.45. The second-order valence-electron chi connectivity index (χ2n) is 9.37. The first-order valence-corrected chi connectivity index (χ1v) is 13.5. The summed E-state index contributed by atoms with van der Waals surface area (Å²) in [5.74, 6) is 1.21. The number of thiazole rings is 1. The van der Waals surface area contributed by atoms with E-state index in [4.69, 9.17) is 0 Å². The van der Waals surface area contributed by atoms with Crippen LogP contribution < -0.4 is 20.4 Å². The van der Waals surface area contributed by atoms with E-state index >= 15 is 0 Å². The van der Waals surface area contributed by atoms with Gasteiger partial charge in [-0.15, -0.1) is 0 Å². The maximum Gasteiger partial charge on any atom is 0.321 e. The molecule has 1 aliphatic heterocycles. The first kappa shape index (κ1) is 25.5. The normalized spacial score (nSPS) is 13.9. The number of hydrogen-bond acceptors (Lipinski definition) is 8. The lowest BCUT2D eigenvalue weighted by Gasteiger charge is -2.30. The minimum absolute atomic E-state index is 0.249. The van der Waals surface area contributed by atoms with Gasteiger partial charge >= 0.3 is 6.03 Å². The molecule has 1 aliphatic rings. The molecule has 1 fully saturated rings. The van der Waals surface area contributed by atoms with Crippen molar-refractivity contribution in [3.8, 4) is 11.1 Å². The number of amides is 3. The number of carbonyl (C=O) groups is 2. The molecule has 38 heavy (non-hydrogen) atoms. The molecule has 4 aromatic rings. The Hall–Kier alpha value is -4.12. The molecular formula is C27H30N8O2S. The molecule has 0 atom stereocenters. The van der Waals surface area contributed by atoms with Crippen LogP contribution in [0.1, 0.15) is 37.2 Å². The molecule has 1 aromatic carbocycles. The van der Waals surface area contributed by atoms with Crippen molar-refractivity contribution in [1.82, 2.24) is 25.3 Å². The van der Waals surface area contributed by atoms with Gasteiger partial charge in [-0.3, -0.25) is 15.1 Å². The summed E-state index contributed by atoms with van der Waals surface area (Å²) in [5.41, 5.74) is 3.28. The van der Waals surface area contributed by atoms with Crippen LogP contribution in [0.15, 0.2) is 48.9 Å². The van der Waals surface area contributed by atoms with E-state index in [0.29, 0.717) is 28.6 Å². The van der Waals surface area contributed by atoms with E-state index in [0.717, 1.165) is 53.6 Å². The lowest BCUT2D eigenvalue weighted by atomic mass is 10.00. The highest BCUT2D eigenvalue weighted by molar-refractivity contribution is 7.23. The van der Waals surface area contributed by atoms with Crippen molar-refractivity contribution in [3.63, 3.8) is 0 Å². The average molecular weight is 531 g/mol. The van der Waals surface area contributed by atoms with Gasteiger partial charge in [0.15, 0.2) is 5.13 Å². The van der Waals surface area contributed by atoms with Crippen LogP contribution in [-0.2, 0) is 0 Å². The van der Waals surface area contributed by atoms with Crippen molar-refractivity contribution in [2.75, 3.05) is 41.8 Å². The number of pyridine rings is 1. The number of benzene rings is 1. The third kappa shape index (κ3) is 5.42. The summed E-state index contributed by atoms with van der Waals surface area (Å²) in [6.45, 7) is 6.54. The number of fused-ring (bicyclic) bond motifs is 1. The van der Waals surface area contributed by atoms with Crippen LogP contribution in [-0.4, -0.2) is 58.6 Å². The minimum atomic E-state index is -0.331. The molecular weight excluding hydrogens is 500 g/mol. The van der Waals surface area contributed by atoms with Crippen LogP contribution in [0.4, 0.5) is 21.6 Å². The molecule has 196 valence electrons. The van der Waals surface area contributed by atoms with E-state index in [2.05, 4.69) is 42.4 Å². The fraction of sp³-hybridized carbons (Fsp3) is 0.333. The van der Waals surface area contributed by atoms with E-state index in [-0.39, 0.29) is 11.9 Å². The van der Waals surface area contributed by atoms with Crippen molar-refractivity contribution < 1.29 is 9.59 Å².